The average Bonchev–Trinajstić information content (AvgIpc) is 2.95. The fourth-order valence-corrected chi connectivity index (χ4v) is 4.34. The third-order valence-electron chi connectivity index (χ3n) is 3.68. The number of nitro groups is 1. The van der Waals surface area contributed by atoms with E-state index in [0.29, 0.717) is 26.6 Å². The van der Waals surface area contributed by atoms with Gasteiger partial charge >= 0.3 is 0 Å². The van der Waals surface area contributed by atoms with Crippen molar-refractivity contribution in [1.82, 2.24) is 14.8 Å². The van der Waals surface area contributed by atoms with Crippen molar-refractivity contribution < 1.29 is 4.92 Å². The van der Waals surface area contributed by atoms with Crippen LogP contribution >= 0.6 is 35.0 Å². The van der Waals surface area contributed by atoms with Crippen LogP contribution in [0.1, 0.15) is 16.6 Å². The lowest BCUT2D eigenvalue weighted by Crippen LogP contribution is -2.11. The molecule has 2 aromatic carbocycles. The highest BCUT2D eigenvalue weighted by Crippen LogP contribution is 2.39. The standard InChI is InChI=1S/C17H14Cl2N4O2S/c1-11-20-21-17(23(11)13-5-3-2-4-6-13)26-16(10-22(24)25)14-8-7-12(18)9-15(14)19/h2-9,16H,10H2,1H3/t16-/m0/s1. The van der Waals surface area contributed by atoms with Gasteiger partial charge in [-0.25, -0.2) is 0 Å². The minimum absolute atomic E-state index is 0.299. The number of halogens is 2. The fraction of sp³-hybridized carbons (Fsp3) is 0.176. The molecule has 26 heavy (non-hydrogen) atoms. The summed E-state index contributed by atoms with van der Waals surface area (Å²) in [6, 6.07) is 14.6. The van der Waals surface area contributed by atoms with Crippen LogP contribution in [-0.4, -0.2) is 26.2 Å². The van der Waals surface area contributed by atoms with Crippen LogP contribution in [0.3, 0.4) is 0 Å². The van der Waals surface area contributed by atoms with Crippen molar-refractivity contribution in [3.05, 3.63) is 80.1 Å². The lowest BCUT2D eigenvalue weighted by molar-refractivity contribution is -0.479. The molecule has 0 radical (unpaired) electrons. The van der Waals surface area contributed by atoms with Crippen molar-refractivity contribution >= 4 is 35.0 Å². The Labute approximate surface area is 164 Å². The molecule has 0 fully saturated rings. The van der Waals surface area contributed by atoms with Crippen molar-refractivity contribution in [1.29, 1.82) is 0 Å². The van der Waals surface area contributed by atoms with Crippen LogP contribution in [-0.2, 0) is 0 Å². The highest BCUT2D eigenvalue weighted by atomic mass is 35.5. The third-order valence-corrected chi connectivity index (χ3v) is 5.41. The van der Waals surface area contributed by atoms with Gasteiger partial charge in [-0.3, -0.25) is 14.7 Å². The van der Waals surface area contributed by atoms with Crippen LogP contribution in [0.5, 0.6) is 0 Å². The van der Waals surface area contributed by atoms with Gasteiger partial charge in [-0.2, -0.15) is 0 Å². The summed E-state index contributed by atoms with van der Waals surface area (Å²) in [7, 11) is 0. The lowest BCUT2D eigenvalue weighted by atomic mass is 10.1. The normalized spacial score (nSPS) is 12.1. The molecule has 1 aromatic heterocycles. The van der Waals surface area contributed by atoms with Gasteiger partial charge in [0.1, 0.15) is 11.1 Å². The van der Waals surface area contributed by atoms with Crippen LogP contribution in [0.4, 0.5) is 0 Å². The van der Waals surface area contributed by atoms with Crippen LogP contribution in [0.25, 0.3) is 5.69 Å². The second-order valence-electron chi connectivity index (χ2n) is 5.49. The molecular formula is C17H14Cl2N4O2S. The smallest absolute Gasteiger partial charge is 0.220 e. The maximum atomic E-state index is 11.2. The number of nitrogens with zero attached hydrogens (tertiary/aromatic N) is 4. The molecule has 3 rings (SSSR count). The Kier molecular flexibility index (Phi) is 5.80. The Morgan fingerprint density at radius 3 is 2.58 bits per heavy atom. The van der Waals surface area contributed by atoms with E-state index in [1.165, 1.54) is 11.8 Å². The Hall–Kier alpha value is -2.09. The minimum atomic E-state index is -0.527. The molecule has 9 heteroatoms. The van der Waals surface area contributed by atoms with Gasteiger partial charge in [0.2, 0.25) is 6.54 Å². The molecular weight excluding hydrogens is 395 g/mol. The second kappa shape index (κ2) is 8.07. The number of aromatic nitrogens is 3. The molecule has 0 unspecified atom stereocenters. The first-order chi connectivity index (χ1) is 12.5. The van der Waals surface area contributed by atoms with Crippen LogP contribution in [0.2, 0.25) is 10.0 Å². The molecule has 0 aliphatic carbocycles. The highest BCUT2D eigenvalue weighted by Gasteiger charge is 2.25. The Morgan fingerprint density at radius 2 is 1.92 bits per heavy atom. The number of hydrogen-bond acceptors (Lipinski definition) is 5. The predicted octanol–water partition coefficient (Wildman–Crippen LogP) is 4.99. The maximum absolute atomic E-state index is 11.2. The molecule has 3 aromatic rings. The first-order valence-electron chi connectivity index (χ1n) is 7.66. The van der Waals surface area contributed by atoms with Crippen molar-refractivity contribution in [2.75, 3.05) is 6.54 Å². The number of aryl methyl sites for hydroxylation is 1. The van der Waals surface area contributed by atoms with E-state index in [4.69, 9.17) is 23.2 Å². The fourth-order valence-electron chi connectivity index (χ4n) is 2.52. The monoisotopic (exact) mass is 408 g/mol. The summed E-state index contributed by atoms with van der Waals surface area (Å²) in [5, 5.41) is 20.4. The number of thioether (sulfide) groups is 1. The van der Waals surface area contributed by atoms with Gasteiger partial charge in [-0.15, -0.1) is 10.2 Å². The number of benzene rings is 2. The largest absolute Gasteiger partial charge is 0.274 e. The van der Waals surface area contributed by atoms with Crippen molar-refractivity contribution in [2.45, 2.75) is 17.3 Å². The molecule has 0 saturated carbocycles. The first kappa shape index (κ1) is 18.7. The van der Waals surface area contributed by atoms with Crippen LogP contribution < -0.4 is 0 Å². The maximum Gasteiger partial charge on any atom is 0.220 e. The van der Waals surface area contributed by atoms with Crippen LogP contribution in [0, 0.1) is 17.0 Å². The summed E-state index contributed by atoms with van der Waals surface area (Å²) in [5.74, 6) is 0.695. The average molecular weight is 409 g/mol. The van der Waals surface area contributed by atoms with Crippen molar-refractivity contribution in [3.63, 3.8) is 0 Å². The van der Waals surface area contributed by atoms with Gasteiger partial charge in [0.05, 0.1) is 0 Å². The molecule has 1 heterocycles. The molecule has 0 bridgehead atoms. The summed E-state index contributed by atoms with van der Waals surface area (Å²) >= 11 is 13.5. The van der Waals surface area contributed by atoms with Gasteiger partial charge in [0.15, 0.2) is 5.16 Å². The molecule has 0 aliphatic heterocycles. The highest BCUT2D eigenvalue weighted by molar-refractivity contribution is 7.99. The quantitative estimate of drug-likeness (QED) is 0.326. The summed E-state index contributed by atoms with van der Waals surface area (Å²) in [4.78, 5) is 10.8. The van der Waals surface area contributed by atoms with E-state index >= 15 is 0 Å². The van der Waals surface area contributed by atoms with E-state index in [0.717, 1.165) is 5.69 Å². The third kappa shape index (κ3) is 4.17. The molecule has 134 valence electrons. The Bertz CT molecular complexity index is 934. The zero-order chi connectivity index (χ0) is 18.7. The summed E-state index contributed by atoms with van der Waals surface area (Å²) in [5.41, 5.74) is 1.53. The number of rotatable bonds is 6. The topological polar surface area (TPSA) is 73.8 Å². The van der Waals surface area contributed by atoms with E-state index < -0.39 is 5.25 Å². The molecule has 0 saturated heterocycles. The minimum Gasteiger partial charge on any atom is -0.274 e. The van der Waals surface area contributed by atoms with Crippen molar-refractivity contribution in [2.24, 2.45) is 0 Å². The van der Waals surface area contributed by atoms with Crippen molar-refractivity contribution in [3.8, 4) is 5.69 Å². The van der Waals surface area contributed by atoms with Crippen LogP contribution in [0.15, 0.2) is 53.7 Å². The summed E-state index contributed by atoms with van der Waals surface area (Å²) < 4.78 is 1.86. The predicted molar refractivity (Wildman–Crippen MR) is 103 cm³/mol. The van der Waals surface area contributed by atoms with Gasteiger partial charge in [-0.05, 0) is 36.8 Å². The molecule has 1 atom stereocenters. The van der Waals surface area contributed by atoms with Gasteiger partial charge < -0.3 is 0 Å². The molecule has 0 amide bonds. The SMILES string of the molecule is Cc1nnc(S[C@@H](C[N+](=O)[O-])c2ccc(Cl)cc2Cl)n1-c1ccccc1. The Balaban J connectivity index is 2.00. The second-order valence-corrected chi connectivity index (χ2v) is 7.50. The molecule has 6 nitrogen and oxygen atoms in total. The molecule has 0 N–H and O–H groups in total. The van der Waals surface area contributed by atoms with E-state index in [1.54, 1.807) is 18.2 Å². The van der Waals surface area contributed by atoms with Gasteiger partial charge in [0.25, 0.3) is 0 Å². The zero-order valence-electron chi connectivity index (χ0n) is 13.7. The van der Waals surface area contributed by atoms with E-state index in [-0.39, 0.29) is 11.5 Å². The summed E-state index contributed by atoms with van der Waals surface area (Å²) in [6.45, 7) is 1.54. The number of para-hydroxylation sites is 1. The lowest BCUT2D eigenvalue weighted by Gasteiger charge is -2.15. The van der Waals surface area contributed by atoms with Gasteiger partial charge in [-0.1, -0.05) is 59.2 Å². The van der Waals surface area contributed by atoms with E-state index in [1.807, 2.05) is 41.8 Å². The van der Waals surface area contributed by atoms with E-state index in [2.05, 4.69) is 10.2 Å². The molecule has 0 spiro atoms. The van der Waals surface area contributed by atoms with E-state index in [9.17, 15) is 10.1 Å². The molecule has 0 aliphatic rings. The van der Waals surface area contributed by atoms with Gasteiger partial charge in [0, 0.05) is 20.7 Å². The first-order valence-corrected chi connectivity index (χ1v) is 9.30. The zero-order valence-corrected chi connectivity index (χ0v) is 16.0. The number of hydrogen-bond donors (Lipinski definition) is 0. The summed E-state index contributed by atoms with van der Waals surface area (Å²) in [6.07, 6.45) is 0. The Morgan fingerprint density at radius 1 is 1.19 bits per heavy atom.